The van der Waals surface area contributed by atoms with Crippen molar-refractivity contribution in [3.05, 3.63) is 11.7 Å². The normalized spacial score (nSPS) is 21.0. The van der Waals surface area contributed by atoms with Gasteiger partial charge in [-0.1, -0.05) is 19.0 Å². The number of ether oxygens (including phenoxy) is 1. The van der Waals surface area contributed by atoms with Crippen LogP contribution < -0.4 is 0 Å². The molecule has 1 aliphatic rings. The molecule has 0 saturated carbocycles. The van der Waals surface area contributed by atoms with Crippen LogP contribution in [0.15, 0.2) is 4.52 Å². The van der Waals surface area contributed by atoms with Gasteiger partial charge in [-0.05, 0) is 12.8 Å². The van der Waals surface area contributed by atoms with Crippen molar-refractivity contribution < 1.29 is 9.26 Å². The average molecular weight is 296 g/mol. The first-order chi connectivity index (χ1) is 10.3. The molecule has 21 heavy (non-hydrogen) atoms. The highest BCUT2D eigenvalue weighted by atomic mass is 16.5. The Morgan fingerprint density at radius 2 is 2.19 bits per heavy atom. The first-order valence-corrected chi connectivity index (χ1v) is 8.03. The quantitative estimate of drug-likeness (QED) is 0.726. The van der Waals surface area contributed by atoms with Gasteiger partial charge in [-0.3, -0.25) is 9.80 Å². The zero-order valence-electron chi connectivity index (χ0n) is 13.5. The summed E-state index contributed by atoms with van der Waals surface area (Å²) in [6, 6.07) is 0.593. The van der Waals surface area contributed by atoms with Gasteiger partial charge >= 0.3 is 0 Å². The molecule has 6 nitrogen and oxygen atoms in total. The number of piperazine rings is 1. The van der Waals surface area contributed by atoms with Gasteiger partial charge < -0.3 is 9.26 Å². The second-order valence-corrected chi connectivity index (χ2v) is 5.68. The topological polar surface area (TPSA) is 54.6 Å². The van der Waals surface area contributed by atoms with Gasteiger partial charge in [0.1, 0.15) is 0 Å². The number of methoxy groups -OCH3 is 1. The summed E-state index contributed by atoms with van der Waals surface area (Å²) < 4.78 is 10.5. The highest BCUT2D eigenvalue weighted by Gasteiger charge is 2.26. The molecular formula is C15H28N4O2. The van der Waals surface area contributed by atoms with Crippen molar-refractivity contribution >= 4 is 0 Å². The molecule has 6 heteroatoms. The third-order valence-electron chi connectivity index (χ3n) is 4.08. The maximum atomic E-state index is 5.26. The molecule has 1 saturated heterocycles. The molecule has 120 valence electrons. The molecule has 2 rings (SSSR count). The van der Waals surface area contributed by atoms with E-state index in [1.807, 2.05) is 0 Å². The number of aromatic nitrogens is 2. The number of nitrogens with zero attached hydrogens (tertiary/aromatic N) is 4. The minimum Gasteiger partial charge on any atom is -0.383 e. The molecule has 0 aliphatic carbocycles. The summed E-state index contributed by atoms with van der Waals surface area (Å²) in [6.45, 7) is 10.2. The lowest BCUT2D eigenvalue weighted by atomic mass is 10.1. The number of rotatable bonds is 8. The minimum absolute atomic E-state index is 0.593. The third kappa shape index (κ3) is 4.76. The molecule has 0 N–H and O–H groups in total. The van der Waals surface area contributed by atoms with Crippen LogP contribution in [0.2, 0.25) is 0 Å². The Morgan fingerprint density at radius 1 is 1.33 bits per heavy atom. The highest BCUT2D eigenvalue weighted by molar-refractivity contribution is 4.89. The Kier molecular flexibility index (Phi) is 6.60. The van der Waals surface area contributed by atoms with Crippen LogP contribution in [0.5, 0.6) is 0 Å². The zero-order valence-corrected chi connectivity index (χ0v) is 13.5. The fourth-order valence-corrected chi connectivity index (χ4v) is 2.86. The summed E-state index contributed by atoms with van der Waals surface area (Å²) in [5.74, 6) is 1.58. The SMILES string of the molecule is CCCc1nc(CN2CCN(CCOC)[C@@H](CC)C2)no1. The van der Waals surface area contributed by atoms with E-state index in [9.17, 15) is 0 Å². The van der Waals surface area contributed by atoms with Crippen LogP contribution >= 0.6 is 0 Å². The Morgan fingerprint density at radius 3 is 2.90 bits per heavy atom. The second-order valence-electron chi connectivity index (χ2n) is 5.68. The molecule has 0 unspecified atom stereocenters. The van der Waals surface area contributed by atoms with Crippen molar-refractivity contribution in [2.24, 2.45) is 0 Å². The first-order valence-electron chi connectivity index (χ1n) is 8.03. The monoisotopic (exact) mass is 296 g/mol. The van der Waals surface area contributed by atoms with Gasteiger partial charge in [0.05, 0.1) is 13.2 Å². The molecule has 0 radical (unpaired) electrons. The number of hydrogen-bond donors (Lipinski definition) is 0. The lowest BCUT2D eigenvalue weighted by molar-refractivity contribution is 0.0452. The Balaban J connectivity index is 1.84. The Labute approximate surface area is 127 Å². The van der Waals surface area contributed by atoms with Gasteiger partial charge in [-0.2, -0.15) is 4.98 Å². The van der Waals surface area contributed by atoms with Crippen LogP contribution in [0.25, 0.3) is 0 Å². The van der Waals surface area contributed by atoms with Gasteiger partial charge in [0.2, 0.25) is 5.89 Å². The Hall–Kier alpha value is -0.980. The smallest absolute Gasteiger partial charge is 0.226 e. The highest BCUT2D eigenvalue weighted by Crippen LogP contribution is 2.14. The summed E-state index contributed by atoms with van der Waals surface area (Å²) in [7, 11) is 1.77. The minimum atomic E-state index is 0.593. The van der Waals surface area contributed by atoms with E-state index in [2.05, 4.69) is 33.8 Å². The second kappa shape index (κ2) is 8.46. The van der Waals surface area contributed by atoms with Crippen molar-refractivity contribution in [1.82, 2.24) is 19.9 Å². The molecule has 1 aromatic rings. The molecular weight excluding hydrogens is 268 g/mol. The molecule has 0 amide bonds. The van der Waals surface area contributed by atoms with Crippen LogP contribution in [0.3, 0.4) is 0 Å². The lowest BCUT2D eigenvalue weighted by Crippen LogP contribution is -2.53. The number of aryl methyl sites for hydroxylation is 1. The summed E-state index contributed by atoms with van der Waals surface area (Å²) >= 11 is 0. The molecule has 1 aliphatic heterocycles. The summed E-state index contributed by atoms with van der Waals surface area (Å²) in [5, 5.41) is 4.09. The van der Waals surface area contributed by atoms with Gasteiger partial charge in [0, 0.05) is 45.8 Å². The van der Waals surface area contributed by atoms with Crippen LogP contribution in [0.4, 0.5) is 0 Å². The predicted molar refractivity (Wildman–Crippen MR) is 81.1 cm³/mol. The van der Waals surface area contributed by atoms with Gasteiger partial charge in [0.25, 0.3) is 0 Å². The summed E-state index contributed by atoms with van der Waals surface area (Å²) in [4.78, 5) is 9.42. The van der Waals surface area contributed by atoms with E-state index in [1.165, 1.54) is 0 Å². The van der Waals surface area contributed by atoms with E-state index in [1.54, 1.807) is 7.11 Å². The lowest BCUT2D eigenvalue weighted by Gasteiger charge is -2.40. The first kappa shape index (κ1) is 16.4. The van der Waals surface area contributed by atoms with Crippen LogP contribution in [-0.2, 0) is 17.7 Å². The zero-order chi connectivity index (χ0) is 15.1. The molecule has 0 spiro atoms. The summed E-state index contributed by atoms with van der Waals surface area (Å²) in [6.07, 6.45) is 3.07. The van der Waals surface area contributed by atoms with Crippen molar-refractivity contribution in [2.75, 3.05) is 39.9 Å². The largest absolute Gasteiger partial charge is 0.383 e. The maximum Gasteiger partial charge on any atom is 0.226 e. The van der Waals surface area contributed by atoms with Crippen LogP contribution in [-0.4, -0.2) is 65.9 Å². The van der Waals surface area contributed by atoms with Crippen molar-refractivity contribution in [1.29, 1.82) is 0 Å². The molecule has 1 fully saturated rings. The fourth-order valence-electron chi connectivity index (χ4n) is 2.86. The van der Waals surface area contributed by atoms with E-state index >= 15 is 0 Å². The fraction of sp³-hybridized carbons (Fsp3) is 0.867. The molecule has 1 atom stereocenters. The van der Waals surface area contributed by atoms with E-state index in [0.29, 0.717) is 6.04 Å². The third-order valence-corrected chi connectivity index (χ3v) is 4.08. The van der Waals surface area contributed by atoms with E-state index < -0.39 is 0 Å². The molecule has 1 aromatic heterocycles. The predicted octanol–water partition coefficient (Wildman–Crippen LogP) is 1.56. The maximum absolute atomic E-state index is 5.26. The molecule has 0 bridgehead atoms. The van der Waals surface area contributed by atoms with E-state index in [-0.39, 0.29) is 0 Å². The van der Waals surface area contributed by atoms with E-state index in [0.717, 1.165) is 70.3 Å². The average Bonchev–Trinajstić information content (AvgIpc) is 2.93. The van der Waals surface area contributed by atoms with Gasteiger partial charge in [-0.15, -0.1) is 0 Å². The van der Waals surface area contributed by atoms with Crippen molar-refractivity contribution in [3.63, 3.8) is 0 Å². The molecule has 2 heterocycles. The summed E-state index contributed by atoms with van der Waals surface area (Å²) in [5.41, 5.74) is 0. The van der Waals surface area contributed by atoms with Gasteiger partial charge in [0.15, 0.2) is 5.82 Å². The van der Waals surface area contributed by atoms with Crippen molar-refractivity contribution in [3.8, 4) is 0 Å². The molecule has 0 aromatic carbocycles. The van der Waals surface area contributed by atoms with Crippen LogP contribution in [0, 0.1) is 0 Å². The van der Waals surface area contributed by atoms with E-state index in [4.69, 9.17) is 9.26 Å². The Bertz CT molecular complexity index is 410. The van der Waals surface area contributed by atoms with Crippen molar-refractivity contribution in [2.45, 2.75) is 45.7 Å². The van der Waals surface area contributed by atoms with Crippen LogP contribution in [0.1, 0.15) is 38.4 Å². The number of hydrogen-bond acceptors (Lipinski definition) is 6. The van der Waals surface area contributed by atoms with Gasteiger partial charge in [-0.25, -0.2) is 0 Å². The standard InChI is InChI=1S/C15H28N4O2/c1-4-6-15-16-14(17-21-15)12-18-7-8-19(9-10-20-3)13(5-2)11-18/h13H,4-12H2,1-3H3/t13-/m0/s1.